The Hall–Kier alpha value is -1.52. The first kappa shape index (κ1) is 13.9. The molecule has 2 rings (SSSR count). The molecule has 0 N–H and O–H groups in total. The van der Waals surface area contributed by atoms with E-state index in [1.807, 2.05) is 0 Å². The molecule has 0 spiro atoms. The highest BCUT2D eigenvalue weighted by Crippen LogP contribution is 2.28. The number of carbonyl (C=O) groups is 1. The smallest absolute Gasteiger partial charge is 0.199 e. The average molecular weight is 305 g/mol. The zero-order valence-corrected chi connectivity index (χ0v) is 10.7. The van der Waals surface area contributed by atoms with Crippen LogP contribution in [0.2, 0.25) is 10.0 Å². The Bertz CT molecular complexity index is 651. The molecule has 0 radical (unpaired) electrons. The van der Waals surface area contributed by atoms with Gasteiger partial charge in [-0.3, -0.25) is 4.79 Å². The van der Waals surface area contributed by atoms with E-state index >= 15 is 0 Å². The van der Waals surface area contributed by atoms with Crippen LogP contribution in [0.3, 0.4) is 0 Å². The van der Waals surface area contributed by atoms with Crippen molar-refractivity contribution in [3.8, 4) is 0 Å². The normalized spacial score (nSPS) is 10.6. The highest BCUT2D eigenvalue weighted by molar-refractivity contribution is 6.41. The first-order chi connectivity index (χ1) is 8.91. The maximum absolute atomic E-state index is 13.5. The molecule has 6 heteroatoms. The predicted octanol–water partition coefficient (Wildman–Crippen LogP) is 4.64. The van der Waals surface area contributed by atoms with Gasteiger partial charge in [0.1, 0.15) is 5.82 Å². The third-order valence-electron chi connectivity index (χ3n) is 2.44. The third-order valence-corrected chi connectivity index (χ3v) is 3.07. The molecule has 0 aliphatic carbocycles. The minimum Gasteiger partial charge on any atom is -0.288 e. The van der Waals surface area contributed by atoms with Gasteiger partial charge in [-0.2, -0.15) is 0 Å². The number of hydrogen-bond acceptors (Lipinski definition) is 1. The van der Waals surface area contributed by atoms with Gasteiger partial charge in [0.25, 0.3) is 0 Å². The van der Waals surface area contributed by atoms with E-state index in [0.717, 1.165) is 0 Å². The lowest BCUT2D eigenvalue weighted by Crippen LogP contribution is -2.07. The Kier molecular flexibility index (Phi) is 3.83. The quantitative estimate of drug-likeness (QED) is 0.583. The van der Waals surface area contributed by atoms with E-state index in [0.29, 0.717) is 12.1 Å². The molecule has 19 heavy (non-hydrogen) atoms. The van der Waals surface area contributed by atoms with Gasteiger partial charge in [0.2, 0.25) is 0 Å². The summed E-state index contributed by atoms with van der Waals surface area (Å²) in [4.78, 5) is 12.1. The van der Waals surface area contributed by atoms with Crippen LogP contribution in [0.25, 0.3) is 0 Å². The van der Waals surface area contributed by atoms with E-state index in [1.165, 1.54) is 18.2 Å². The molecule has 0 bridgehead atoms. The highest BCUT2D eigenvalue weighted by Gasteiger charge is 2.21. The van der Waals surface area contributed by atoms with Crippen molar-refractivity contribution in [2.24, 2.45) is 0 Å². The van der Waals surface area contributed by atoms with E-state index in [9.17, 15) is 18.0 Å². The van der Waals surface area contributed by atoms with Crippen molar-refractivity contribution in [2.75, 3.05) is 0 Å². The number of hydrogen-bond donors (Lipinski definition) is 0. The molecular formula is C13H5Cl2F3O. The second-order valence-electron chi connectivity index (χ2n) is 3.67. The van der Waals surface area contributed by atoms with Crippen LogP contribution >= 0.6 is 23.2 Å². The molecule has 0 atom stereocenters. The number of halogens is 5. The molecule has 98 valence electrons. The van der Waals surface area contributed by atoms with Crippen molar-refractivity contribution in [1.29, 1.82) is 0 Å². The maximum Gasteiger partial charge on any atom is 0.199 e. The Labute approximate surface area is 116 Å². The largest absolute Gasteiger partial charge is 0.288 e. The predicted molar refractivity (Wildman–Crippen MR) is 66.2 cm³/mol. The lowest BCUT2D eigenvalue weighted by molar-refractivity contribution is 0.103. The van der Waals surface area contributed by atoms with E-state index in [2.05, 4.69) is 0 Å². The van der Waals surface area contributed by atoms with Crippen LogP contribution in [0.4, 0.5) is 13.2 Å². The van der Waals surface area contributed by atoms with Crippen molar-refractivity contribution in [3.05, 3.63) is 69.0 Å². The molecule has 2 aromatic carbocycles. The molecule has 0 heterocycles. The Balaban J connectivity index is 2.60. The number of carbonyl (C=O) groups excluding carboxylic acids is 1. The second kappa shape index (κ2) is 5.23. The van der Waals surface area contributed by atoms with Crippen molar-refractivity contribution >= 4 is 29.0 Å². The molecule has 0 aliphatic rings. The van der Waals surface area contributed by atoms with Gasteiger partial charge < -0.3 is 0 Å². The van der Waals surface area contributed by atoms with Gasteiger partial charge in [0.05, 0.1) is 21.2 Å². The van der Waals surface area contributed by atoms with Crippen LogP contribution in [0.1, 0.15) is 15.9 Å². The summed E-state index contributed by atoms with van der Waals surface area (Å²) in [5.74, 6) is -4.79. The van der Waals surface area contributed by atoms with E-state index < -0.39 is 28.8 Å². The molecule has 0 aromatic heterocycles. The van der Waals surface area contributed by atoms with Crippen LogP contribution in [0.5, 0.6) is 0 Å². The van der Waals surface area contributed by atoms with Crippen molar-refractivity contribution in [1.82, 2.24) is 0 Å². The fraction of sp³-hybridized carbons (Fsp3) is 0. The minimum absolute atomic E-state index is 0.00151. The van der Waals surface area contributed by atoms with Gasteiger partial charge in [-0.1, -0.05) is 29.3 Å². The Morgan fingerprint density at radius 3 is 2.00 bits per heavy atom. The topological polar surface area (TPSA) is 17.1 Å². The SMILES string of the molecule is O=C(c1cc(F)c(F)cc1F)c1c(Cl)cccc1Cl. The molecule has 0 amide bonds. The van der Waals surface area contributed by atoms with Crippen molar-refractivity contribution in [2.45, 2.75) is 0 Å². The fourth-order valence-electron chi connectivity index (χ4n) is 1.55. The van der Waals surface area contributed by atoms with Crippen LogP contribution in [-0.2, 0) is 0 Å². The summed E-state index contributed by atoms with van der Waals surface area (Å²) in [6.45, 7) is 0. The monoisotopic (exact) mass is 304 g/mol. The summed E-state index contributed by atoms with van der Waals surface area (Å²) in [5, 5.41) is 0.00302. The third kappa shape index (κ3) is 2.60. The van der Waals surface area contributed by atoms with Crippen LogP contribution < -0.4 is 0 Å². The van der Waals surface area contributed by atoms with Crippen LogP contribution in [-0.4, -0.2) is 5.78 Å². The van der Waals surface area contributed by atoms with Gasteiger partial charge >= 0.3 is 0 Å². The lowest BCUT2D eigenvalue weighted by atomic mass is 10.0. The second-order valence-corrected chi connectivity index (χ2v) is 4.49. The van der Waals surface area contributed by atoms with Crippen LogP contribution in [0.15, 0.2) is 30.3 Å². The maximum atomic E-state index is 13.5. The minimum atomic E-state index is -1.38. The highest BCUT2D eigenvalue weighted by atomic mass is 35.5. The van der Waals surface area contributed by atoms with Gasteiger partial charge in [-0.15, -0.1) is 0 Å². The lowest BCUT2D eigenvalue weighted by Gasteiger charge is -2.07. The Morgan fingerprint density at radius 1 is 0.895 bits per heavy atom. The zero-order chi connectivity index (χ0) is 14.2. The molecule has 0 saturated heterocycles. The molecule has 1 nitrogen and oxygen atoms in total. The summed E-state index contributed by atoms with van der Waals surface area (Å²) in [7, 11) is 0. The average Bonchev–Trinajstić information content (AvgIpc) is 2.33. The molecule has 0 aliphatic heterocycles. The summed E-state index contributed by atoms with van der Waals surface area (Å²) >= 11 is 11.6. The first-order valence-electron chi connectivity index (χ1n) is 5.05. The first-order valence-corrected chi connectivity index (χ1v) is 5.80. The molecular weight excluding hydrogens is 300 g/mol. The zero-order valence-electron chi connectivity index (χ0n) is 9.18. The van der Waals surface area contributed by atoms with E-state index in [1.54, 1.807) is 0 Å². The molecule has 0 unspecified atom stereocenters. The van der Waals surface area contributed by atoms with Gasteiger partial charge in [-0.25, -0.2) is 13.2 Å². The molecule has 0 saturated carbocycles. The van der Waals surface area contributed by atoms with E-state index in [-0.39, 0.29) is 15.6 Å². The van der Waals surface area contributed by atoms with Gasteiger partial charge in [0.15, 0.2) is 17.4 Å². The van der Waals surface area contributed by atoms with Crippen LogP contribution in [0, 0.1) is 17.5 Å². The molecule has 0 fully saturated rings. The summed E-state index contributed by atoms with van der Waals surface area (Å²) in [6.07, 6.45) is 0. The van der Waals surface area contributed by atoms with E-state index in [4.69, 9.17) is 23.2 Å². The fourth-order valence-corrected chi connectivity index (χ4v) is 2.12. The summed E-state index contributed by atoms with van der Waals surface area (Å²) < 4.78 is 39.4. The van der Waals surface area contributed by atoms with Crippen molar-refractivity contribution in [3.63, 3.8) is 0 Å². The van der Waals surface area contributed by atoms with Crippen molar-refractivity contribution < 1.29 is 18.0 Å². The standard InChI is InChI=1S/C13H5Cl2F3O/c14-7-2-1-3-8(15)12(7)13(19)6-4-10(17)11(18)5-9(6)16/h1-5H. The van der Waals surface area contributed by atoms with Gasteiger partial charge in [0, 0.05) is 6.07 Å². The Morgan fingerprint density at radius 2 is 1.42 bits per heavy atom. The number of rotatable bonds is 2. The summed E-state index contributed by atoms with van der Waals surface area (Å²) in [5.41, 5.74) is -0.787. The number of benzene rings is 2. The number of ketones is 1. The summed E-state index contributed by atoms with van der Waals surface area (Å²) in [6, 6.07) is 5.06. The van der Waals surface area contributed by atoms with Gasteiger partial charge in [-0.05, 0) is 18.2 Å². The molecule has 2 aromatic rings.